The van der Waals surface area contributed by atoms with Crippen molar-refractivity contribution in [3.05, 3.63) is 0 Å². The quantitative estimate of drug-likeness (QED) is 0.731. The highest BCUT2D eigenvalue weighted by molar-refractivity contribution is 4.97. The molecule has 0 radical (unpaired) electrons. The van der Waals surface area contributed by atoms with E-state index in [4.69, 9.17) is 9.47 Å². The lowest BCUT2D eigenvalue weighted by Crippen LogP contribution is -2.54. The van der Waals surface area contributed by atoms with Crippen molar-refractivity contribution in [3.63, 3.8) is 0 Å². The monoisotopic (exact) mass is 200 g/mol. The van der Waals surface area contributed by atoms with Gasteiger partial charge in [-0.2, -0.15) is 0 Å². The molecule has 1 N–H and O–H groups in total. The standard InChI is InChI=1S/C11H20O3/c1-13-10-8-14-7-6-11(10,12)9-4-2-3-5-9/h9-10,12H,2-8H2,1H3. The molecule has 2 fully saturated rings. The summed E-state index contributed by atoms with van der Waals surface area (Å²) in [6.07, 6.45) is 5.41. The molecule has 1 aliphatic heterocycles. The molecule has 2 rings (SSSR count). The van der Waals surface area contributed by atoms with Crippen molar-refractivity contribution in [2.75, 3.05) is 20.3 Å². The Morgan fingerprint density at radius 3 is 2.71 bits per heavy atom. The lowest BCUT2D eigenvalue weighted by atomic mass is 9.78. The van der Waals surface area contributed by atoms with E-state index >= 15 is 0 Å². The number of methoxy groups -OCH3 is 1. The van der Waals surface area contributed by atoms with Gasteiger partial charge in [0.05, 0.1) is 12.2 Å². The van der Waals surface area contributed by atoms with Gasteiger partial charge in [0.1, 0.15) is 6.10 Å². The van der Waals surface area contributed by atoms with Crippen molar-refractivity contribution < 1.29 is 14.6 Å². The van der Waals surface area contributed by atoms with E-state index in [0.717, 1.165) is 19.3 Å². The Morgan fingerprint density at radius 2 is 2.07 bits per heavy atom. The molecule has 3 nitrogen and oxygen atoms in total. The molecule has 82 valence electrons. The van der Waals surface area contributed by atoms with Crippen LogP contribution in [0.15, 0.2) is 0 Å². The van der Waals surface area contributed by atoms with Crippen LogP contribution in [0.4, 0.5) is 0 Å². The zero-order chi connectivity index (χ0) is 10.0. The third-order valence-electron chi connectivity index (χ3n) is 3.82. The molecule has 2 unspecified atom stereocenters. The SMILES string of the molecule is COC1COCCC1(O)C1CCCC1. The number of hydrogen-bond donors (Lipinski definition) is 1. The van der Waals surface area contributed by atoms with Gasteiger partial charge in [0.15, 0.2) is 0 Å². The van der Waals surface area contributed by atoms with E-state index < -0.39 is 5.60 Å². The minimum absolute atomic E-state index is 0.126. The summed E-state index contributed by atoms with van der Waals surface area (Å²) in [4.78, 5) is 0. The van der Waals surface area contributed by atoms with Crippen LogP contribution < -0.4 is 0 Å². The molecular weight excluding hydrogens is 180 g/mol. The van der Waals surface area contributed by atoms with E-state index in [2.05, 4.69) is 0 Å². The summed E-state index contributed by atoms with van der Waals surface area (Å²) in [6, 6.07) is 0. The predicted molar refractivity (Wildman–Crippen MR) is 53.1 cm³/mol. The highest BCUT2D eigenvalue weighted by atomic mass is 16.5. The van der Waals surface area contributed by atoms with E-state index in [-0.39, 0.29) is 6.10 Å². The maximum absolute atomic E-state index is 10.6. The lowest BCUT2D eigenvalue weighted by molar-refractivity contribution is -0.188. The first-order valence-corrected chi connectivity index (χ1v) is 5.60. The number of rotatable bonds is 2. The summed E-state index contributed by atoms with van der Waals surface area (Å²) < 4.78 is 10.7. The molecule has 0 spiro atoms. The zero-order valence-corrected chi connectivity index (χ0v) is 8.87. The Kier molecular flexibility index (Phi) is 3.10. The lowest BCUT2D eigenvalue weighted by Gasteiger charge is -2.43. The second-order valence-corrected chi connectivity index (χ2v) is 4.52. The molecule has 1 heterocycles. The van der Waals surface area contributed by atoms with Gasteiger partial charge < -0.3 is 14.6 Å². The molecule has 0 bridgehead atoms. The Morgan fingerprint density at radius 1 is 1.36 bits per heavy atom. The number of ether oxygens (including phenoxy) is 2. The smallest absolute Gasteiger partial charge is 0.109 e. The van der Waals surface area contributed by atoms with Crippen LogP contribution in [0, 0.1) is 5.92 Å². The minimum atomic E-state index is -0.622. The van der Waals surface area contributed by atoms with Crippen LogP contribution in [0.1, 0.15) is 32.1 Å². The number of hydrogen-bond acceptors (Lipinski definition) is 3. The van der Waals surface area contributed by atoms with Crippen LogP contribution in [-0.2, 0) is 9.47 Å². The Bertz CT molecular complexity index is 185. The van der Waals surface area contributed by atoms with Crippen molar-refractivity contribution in [2.24, 2.45) is 5.92 Å². The minimum Gasteiger partial charge on any atom is -0.387 e. The van der Waals surface area contributed by atoms with E-state index in [1.165, 1.54) is 12.8 Å². The molecule has 0 aromatic rings. The topological polar surface area (TPSA) is 38.7 Å². The third-order valence-corrected chi connectivity index (χ3v) is 3.82. The van der Waals surface area contributed by atoms with Crippen molar-refractivity contribution >= 4 is 0 Å². The molecule has 1 saturated heterocycles. The average molecular weight is 200 g/mol. The van der Waals surface area contributed by atoms with Crippen LogP contribution in [0.3, 0.4) is 0 Å². The Hall–Kier alpha value is -0.120. The molecule has 0 amide bonds. The molecular formula is C11H20O3. The van der Waals surface area contributed by atoms with Crippen LogP contribution >= 0.6 is 0 Å². The van der Waals surface area contributed by atoms with Gasteiger partial charge in [0.2, 0.25) is 0 Å². The van der Waals surface area contributed by atoms with E-state index in [0.29, 0.717) is 19.1 Å². The average Bonchev–Trinajstić information content (AvgIpc) is 2.72. The molecule has 3 heteroatoms. The molecule has 0 aromatic carbocycles. The highest BCUT2D eigenvalue weighted by Crippen LogP contribution is 2.40. The fraction of sp³-hybridized carbons (Fsp3) is 1.00. The largest absolute Gasteiger partial charge is 0.387 e. The summed E-state index contributed by atoms with van der Waals surface area (Å²) in [6.45, 7) is 1.22. The van der Waals surface area contributed by atoms with E-state index in [1.54, 1.807) is 7.11 Å². The Labute approximate surface area is 85.4 Å². The maximum Gasteiger partial charge on any atom is 0.109 e. The highest BCUT2D eigenvalue weighted by Gasteiger charge is 2.46. The fourth-order valence-corrected chi connectivity index (χ4v) is 2.90. The van der Waals surface area contributed by atoms with Gasteiger partial charge in [-0.25, -0.2) is 0 Å². The Balaban J connectivity index is 2.08. The molecule has 1 aliphatic carbocycles. The van der Waals surface area contributed by atoms with Gasteiger partial charge in [-0.1, -0.05) is 12.8 Å². The van der Waals surface area contributed by atoms with E-state index in [1.807, 2.05) is 0 Å². The molecule has 0 aromatic heterocycles. The summed E-state index contributed by atoms with van der Waals surface area (Å²) in [7, 11) is 1.67. The van der Waals surface area contributed by atoms with Gasteiger partial charge in [0, 0.05) is 20.1 Å². The fourth-order valence-electron chi connectivity index (χ4n) is 2.90. The first kappa shape index (κ1) is 10.4. The van der Waals surface area contributed by atoms with Crippen molar-refractivity contribution in [1.29, 1.82) is 0 Å². The first-order chi connectivity index (χ1) is 6.77. The summed E-state index contributed by atoms with van der Waals surface area (Å²) in [5.41, 5.74) is -0.622. The second kappa shape index (κ2) is 4.17. The number of aliphatic hydroxyl groups is 1. The third kappa shape index (κ3) is 1.69. The molecule has 2 atom stereocenters. The van der Waals surface area contributed by atoms with E-state index in [9.17, 15) is 5.11 Å². The second-order valence-electron chi connectivity index (χ2n) is 4.52. The maximum atomic E-state index is 10.6. The predicted octanol–water partition coefficient (Wildman–Crippen LogP) is 1.34. The van der Waals surface area contributed by atoms with Gasteiger partial charge in [-0.05, 0) is 18.8 Å². The summed E-state index contributed by atoms with van der Waals surface area (Å²) >= 11 is 0. The molecule has 2 aliphatic rings. The normalized spacial score (nSPS) is 40.3. The van der Waals surface area contributed by atoms with Gasteiger partial charge in [-0.3, -0.25) is 0 Å². The summed E-state index contributed by atoms with van der Waals surface area (Å²) in [5, 5.41) is 10.6. The van der Waals surface area contributed by atoms with Gasteiger partial charge >= 0.3 is 0 Å². The van der Waals surface area contributed by atoms with Crippen LogP contribution in [0.25, 0.3) is 0 Å². The first-order valence-electron chi connectivity index (χ1n) is 5.60. The van der Waals surface area contributed by atoms with Crippen molar-refractivity contribution in [2.45, 2.75) is 43.8 Å². The van der Waals surface area contributed by atoms with Crippen LogP contribution in [-0.4, -0.2) is 37.1 Å². The van der Waals surface area contributed by atoms with Crippen molar-refractivity contribution in [1.82, 2.24) is 0 Å². The zero-order valence-electron chi connectivity index (χ0n) is 8.87. The van der Waals surface area contributed by atoms with Gasteiger partial charge in [0.25, 0.3) is 0 Å². The molecule has 14 heavy (non-hydrogen) atoms. The van der Waals surface area contributed by atoms with Gasteiger partial charge in [-0.15, -0.1) is 0 Å². The summed E-state index contributed by atoms with van der Waals surface area (Å²) in [5.74, 6) is 0.427. The van der Waals surface area contributed by atoms with Crippen molar-refractivity contribution in [3.8, 4) is 0 Å². The van der Waals surface area contributed by atoms with Crippen LogP contribution in [0.2, 0.25) is 0 Å². The molecule has 1 saturated carbocycles. The van der Waals surface area contributed by atoms with Crippen LogP contribution in [0.5, 0.6) is 0 Å².